The topological polar surface area (TPSA) is 70.1 Å². The first-order valence-corrected chi connectivity index (χ1v) is 7.97. The number of aromatic hydroxyl groups is 1. The first-order valence-electron chi connectivity index (χ1n) is 7.59. The van der Waals surface area contributed by atoms with Gasteiger partial charge in [0.2, 0.25) is 5.95 Å². The number of hydrogen-bond acceptors (Lipinski definition) is 5. The second-order valence-electron chi connectivity index (χ2n) is 5.14. The molecule has 0 saturated carbocycles. The van der Waals surface area contributed by atoms with Crippen molar-refractivity contribution in [1.82, 2.24) is 9.97 Å². The van der Waals surface area contributed by atoms with Crippen LogP contribution < -0.4 is 10.6 Å². The summed E-state index contributed by atoms with van der Waals surface area (Å²) >= 11 is 6.00. The molecule has 0 atom stereocenters. The summed E-state index contributed by atoms with van der Waals surface area (Å²) in [6.45, 7) is 2.69. The van der Waals surface area contributed by atoms with E-state index < -0.39 is 0 Å². The van der Waals surface area contributed by atoms with Gasteiger partial charge in [-0.1, -0.05) is 41.9 Å². The Bertz CT molecular complexity index is 840. The molecule has 24 heavy (non-hydrogen) atoms. The molecule has 3 aromatic rings. The Morgan fingerprint density at radius 1 is 1.04 bits per heavy atom. The average Bonchev–Trinajstić information content (AvgIpc) is 2.59. The highest BCUT2D eigenvalue weighted by molar-refractivity contribution is 6.30. The van der Waals surface area contributed by atoms with Gasteiger partial charge in [0.15, 0.2) is 0 Å². The molecule has 0 spiro atoms. The molecule has 0 unspecified atom stereocenters. The maximum atomic E-state index is 9.98. The zero-order valence-electron chi connectivity index (χ0n) is 13.1. The summed E-state index contributed by atoms with van der Waals surface area (Å²) in [7, 11) is 0. The van der Waals surface area contributed by atoms with Gasteiger partial charge in [-0.15, -0.1) is 0 Å². The number of phenolic OH excluding ortho intramolecular Hbond substituents is 1. The van der Waals surface area contributed by atoms with Crippen molar-refractivity contribution in [2.75, 3.05) is 17.2 Å². The molecule has 0 saturated heterocycles. The molecular weight excluding hydrogens is 324 g/mol. The summed E-state index contributed by atoms with van der Waals surface area (Å²) in [6, 6.07) is 16.5. The smallest absolute Gasteiger partial charge is 0.225 e. The predicted octanol–water partition coefficient (Wildman–Crippen LogP) is 4.68. The highest BCUT2D eigenvalue weighted by Gasteiger charge is 2.09. The van der Waals surface area contributed by atoms with Gasteiger partial charge in [-0.25, -0.2) is 4.98 Å². The number of phenols is 1. The van der Waals surface area contributed by atoms with E-state index in [4.69, 9.17) is 11.6 Å². The molecule has 0 amide bonds. The van der Waals surface area contributed by atoms with Crippen LogP contribution in [0.15, 0.2) is 54.6 Å². The molecule has 3 rings (SSSR count). The van der Waals surface area contributed by atoms with E-state index in [9.17, 15) is 5.11 Å². The van der Waals surface area contributed by atoms with Crippen molar-refractivity contribution in [1.29, 1.82) is 0 Å². The minimum Gasteiger partial charge on any atom is -0.506 e. The lowest BCUT2D eigenvalue weighted by molar-refractivity contribution is 0.477. The van der Waals surface area contributed by atoms with Crippen LogP contribution in [0.2, 0.25) is 5.02 Å². The second-order valence-corrected chi connectivity index (χ2v) is 5.58. The summed E-state index contributed by atoms with van der Waals surface area (Å²) in [5.41, 5.74) is 2.26. The third-order valence-corrected chi connectivity index (χ3v) is 3.59. The first-order chi connectivity index (χ1) is 11.7. The van der Waals surface area contributed by atoms with Gasteiger partial charge in [0.05, 0.1) is 11.4 Å². The molecule has 3 N–H and O–H groups in total. The summed E-state index contributed by atoms with van der Waals surface area (Å²) in [5, 5.41) is 16.7. The van der Waals surface area contributed by atoms with E-state index in [0.717, 1.165) is 11.3 Å². The van der Waals surface area contributed by atoms with Crippen LogP contribution in [0, 0.1) is 0 Å². The van der Waals surface area contributed by atoms with E-state index >= 15 is 0 Å². The molecule has 0 radical (unpaired) electrons. The quantitative estimate of drug-likeness (QED) is 0.588. The van der Waals surface area contributed by atoms with Crippen LogP contribution >= 0.6 is 11.6 Å². The van der Waals surface area contributed by atoms with Gasteiger partial charge in [-0.3, -0.25) is 0 Å². The molecule has 122 valence electrons. The first kappa shape index (κ1) is 16.1. The van der Waals surface area contributed by atoms with Crippen LogP contribution in [0.1, 0.15) is 6.92 Å². The lowest BCUT2D eigenvalue weighted by Gasteiger charge is -2.12. The van der Waals surface area contributed by atoms with Crippen LogP contribution in [0.4, 0.5) is 17.5 Å². The van der Waals surface area contributed by atoms with E-state index in [2.05, 4.69) is 20.6 Å². The Balaban J connectivity index is 2.00. The minimum absolute atomic E-state index is 0.101. The number of anilines is 3. The van der Waals surface area contributed by atoms with Crippen molar-refractivity contribution in [2.24, 2.45) is 0 Å². The van der Waals surface area contributed by atoms with Crippen LogP contribution in [0.5, 0.6) is 5.75 Å². The van der Waals surface area contributed by atoms with Gasteiger partial charge in [-0.05, 0) is 25.1 Å². The third kappa shape index (κ3) is 3.75. The summed E-state index contributed by atoms with van der Waals surface area (Å²) in [5.74, 6) is 1.18. The lowest BCUT2D eigenvalue weighted by Crippen LogP contribution is -2.05. The summed E-state index contributed by atoms with van der Waals surface area (Å²) in [4.78, 5) is 8.95. The highest BCUT2D eigenvalue weighted by atomic mass is 35.5. The number of rotatable bonds is 5. The molecule has 0 aliphatic rings. The zero-order valence-corrected chi connectivity index (χ0v) is 13.9. The lowest BCUT2D eigenvalue weighted by atomic mass is 10.1. The van der Waals surface area contributed by atoms with Crippen LogP contribution in [0.3, 0.4) is 0 Å². The van der Waals surface area contributed by atoms with Gasteiger partial charge < -0.3 is 15.7 Å². The van der Waals surface area contributed by atoms with Crippen molar-refractivity contribution < 1.29 is 5.11 Å². The van der Waals surface area contributed by atoms with Crippen molar-refractivity contribution in [3.63, 3.8) is 0 Å². The van der Waals surface area contributed by atoms with Gasteiger partial charge in [-0.2, -0.15) is 4.98 Å². The van der Waals surface area contributed by atoms with Crippen LogP contribution in [-0.2, 0) is 0 Å². The van der Waals surface area contributed by atoms with Gasteiger partial charge in [0.25, 0.3) is 0 Å². The Morgan fingerprint density at radius 3 is 2.58 bits per heavy atom. The zero-order chi connectivity index (χ0) is 16.9. The predicted molar refractivity (Wildman–Crippen MR) is 98.0 cm³/mol. The molecule has 0 aliphatic carbocycles. The highest BCUT2D eigenvalue weighted by Crippen LogP contribution is 2.30. The van der Waals surface area contributed by atoms with Gasteiger partial charge >= 0.3 is 0 Å². The van der Waals surface area contributed by atoms with Crippen LogP contribution in [0.25, 0.3) is 11.3 Å². The Labute approximate surface area is 145 Å². The number of nitrogens with one attached hydrogen (secondary N) is 2. The fourth-order valence-electron chi connectivity index (χ4n) is 2.25. The normalized spacial score (nSPS) is 10.4. The minimum atomic E-state index is 0.101. The Hall–Kier alpha value is -2.79. The molecule has 0 bridgehead atoms. The SMILES string of the molecule is CCNc1nc(Nc2cc(Cl)ccc2O)cc(-c2ccccc2)n1. The van der Waals surface area contributed by atoms with E-state index in [0.29, 0.717) is 29.0 Å². The summed E-state index contributed by atoms with van der Waals surface area (Å²) in [6.07, 6.45) is 0. The van der Waals surface area contributed by atoms with Crippen LogP contribution in [-0.4, -0.2) is 21.6 Å². The molecule has 0 fully saturated rings. The number of hydrogen-bond donors (Lipinski definition) is 3. The Morgan fingerprint density at radius 2 is 1.83 bits per heavy atom. The van der Waals surface area contributed by atoms with E-state index in [-0.39, 0.29) is 5.75 Å². The standard InChI is InChI=1S/C18H17ClN4O/c1-2-20-18-22-14(12-6-4-3-5-7-12)11-17(23-18)21-15-10-13(19)8-9-16(15)24/h3-11,24H,2H2,1H3,(H2,20,21,22,23). The third-order valence-electron chi connectivity index (χ3n) is 3.35. The maximum Gasteiger partial charge on any atom is 0.225 e. The monoisotopic (exact) mass is 340 g/mol. The number of halogens is 1. The van der Waals surface area contributed by atoms with E-state index in [1.54, 1.807) is 12.1 Å². The number of nitrogens with zero attached hydrogens (tertiary/aromatic N) is 2. The van der Waals surface area contributed by atoms with E-state index in [1.165, 1.54) is 6.07 Å². The fraction of sp³-hybridized carbons (Fsp3) is 0.111. The second kappa shape index (κ2) is 7.19. The van der Waals surface area contributed by atoms with Crippen molar-refractivity contribution in [3.8, 4) is 17.0 Å². The van der Waals surface area contributed by atoms with Gasteiger partial charge in [0.1, 0.15) is 11.6 Å². The van der Waals surface area contributed by atoms with E-state index in [1.807, 2.05) is 43.3 Å². The summed E-state index contributed by atoms with van der Waals surface area (Å²) < 4.78 is 0. The molecule has 1 aromatic heterocycles. The van der Waals surface area contributed by atoms with Crippen molar-refractivity contribution in [3.05, 3.63) is 59.6 Å². The Kier molecular flexibility index (Phi) is 4.82. The number of aromatic nitrogens is 2. The molecule has 2 aromatic carbocycles. The fourth-order valence-corrected chi connectivity index (χ4v) is 2.42. The van der Waals surface area contributed by atoms with Crippen molar-refractivity contribution >= 4 is 29.1 Å². The van der Waals surface area contributed by atoms with Gasteiger partial charge in [0, 0.05) is 23.2 Å². The molecule has 5 nitrogen and oxygen atoms in total. The maximum absolute atomic E-state index is 9.98. The molecular formula is C18H17ClN4O. The average molecular weight is 341 g/mol. The molecule has 0 aliphatic heterocycles. The molecule has 6 heteroatoms. The number of benzene rings is 2. The molecule has 1 heterocycles. The van der Waals surface area contributed by atoms with Crippen molar-refractivity contribution in [2.45, 2.75) is 6.92 Å². The largest absolute Gasteiger partial charge is 0.506 e.